The highest BCUT2D eigenvalue weighted by molar-refractivity contribution is 5.95. The third-order valence-corrected chi connectivity index (χ3v) is 4.60. The Balaban J connectivity index is 1.45. The van der Waals surface area contributed by atoms with Gasteiger partial charge >= 0.3 is 6.03 Å². The van der Waals surface area contributed by atoms with E-state index >= 15 is 0 Å². The maximum absolute atomic E-state index is 12.5. The molecule has 4 aromatic rings. The molecule has 0 aliphatic heterocycles. The highest BCUT2D eigenvalue weighted by Gasteiger charge is 2.17. The number of carbonyl (C=O) groups excluding carboxylic acids is 1. The minimum Gasteiger partial charge on any atom is -0.373 e. The number of hydrogen-bond acceptors (Lipinski definition) is 6. The summed E-state index contributed by atoms with van der Waals surface area (Å²) in [5, 5.41) is 17.2. The number of ether oxygens (including phenoxy) is 1. The van der Waals surface area contributed by atoms with Gasteiger partial charge in [-0.1, -0.05) is 35.5 Å². The number of benzene rings is 1. The number of aromatic amines is 1. The average molecular weight is 442 g/mol. The van der Waals surface area contributed by atoms with Gasteiger partial charge in [-0.2, -0.15) is 5.10 Å². The second kappa shape index (κ2) is 9.52. The molecule has 3 aromatic heterocycles. The molecule has 1 aromatic carbocycles. The van der Waals surface area contributed by atoms with Gasteiger partial charge < -0.3 is 14.6 Å². The smallest absolute Gasteiger partial charge is 0.320 e. The fraction of sp³-hybridized carbons (Fsp3) is 0.238. The lowest BCUT2D eigenvalue weighted by molar-refractivity contribution is 0.0104. The monoisotopic (exact) mass is 442 g/mol. The molecule has 0 unspecified atom stereocenters. The predicted octanol–water partition coefficient (Wildman–Crippen LogP) is 4.07. The summed E-state index contributed by atoms with van der Waals surface area (Å²) < 4.78 is 35.0. The van der Waals surface area contributed by atoms with Gasteiger partial charge in [0.1, 0.15) is 29.6 Å². The molecule has 2 amide bonds. The number of pyridine rings is 1. The van der Waals surface area contributed by atoms with Crippen molar-refractivity contribution in [1.29, 1.82) is 0 Å². The minimum atomic E-state index is -2.59. The fourth-order valence-electron chi connectivity index (χ4n) is 3.15. The third kappa shape index (κ3) is 5.06. The van der Waals surface area contributed by atoms with Crippen LogP contribution in [0.15, 0.2) is 53.2 Å². The summed E-state index contributed by atoms with van der Waals surface area (Å²) in [6.45, 7) is 0.971. The van der Waals surface area contributed by atoms with Crippen molar-refractivity contribution in [2.75, 3.05) is 18.5 Å². The lowest BCUT2D eigenvalue weighted by Crippen LogP contribution is -2.35. The molecule has 32 heavy (non-hydrogen) atoms. The van der Waals surface area contributed by atoms with Crippen molar-refractivity contribution in [3.63, 3.8) is 0 Å². The Morgan fingerprint density at radius 1 is 1.22 bits per heavy atom. The molecule has 0 fully saturated rings. The van der Waals surface area contributed by atoms with Gasteiger partial charge in [-0.15, -0.1) is 0 Å². The molecule has 0 saturated heterocycles. The number of hydrogen-bond donors (Lipinski definition) is 3. The molecule has 0 aliphatic carbocycles. The first-order chi connectivity index (χ1) is 15.5. The zero-order chi connectivity index (χ0) is 22.5. The van der Waals surface area contributed by atoms with Crippen molar-refractivity contribution in [3.05, 3.63) is 60.0 Å². The second-order valence-electron chi connectivity index (χ2n) is 7.00. The van der Waals surface area contributed by atoms with E-state index in [2.05, 4.69) is 31.0 Å². The summed E-state index contributed by atoms with van der Waals surface area (Å²) in [7, 11) is 0. The van der Waals surface area contributed by atoms with E-state index in [1.165, 1.54) is 0 Å². The second-order valence-corrected chi connectivity index (χ2v) is 7.00. The molecule has 11 heteroatoms. The van der Waals surface area contributed by atoms with E-state index in [1.54, 1.807) is 49.5 Å². The van der Waals surface area contributed by atoms with Gasteiger partial charge in [0.05, 0.1) is 18.2 Å². The van der Waals surface area contributed by atoms with Gasteiger partial charge in [0.2, 0.25) is 0 Å². The first-order valence-electron chi connectivity index (χ1n) is 9.76. The van der Waals surface area contributed by atoms with Gasteiger partial charge in [-0.25, -0.2) is 18.6 Å². The van der Waals surface area contributed by atoms with Crippen LogP contribution in [0.25, 0.3) is 22.3 Å². The summed E-state index contributed by atoms with van der Waals surface area (Å²) in [6.07, 6.45) is -1.02. The van der Waals surface area contributed by atoms with Crippen LogP contribution in [0.5, 0.6) is 0 Å². The van der Waals surface area contributed by atoms with Crippen LogP contribution in [0.3, 0.4) is 0 Å². The first-order valence-corrected chi connectivity index (χ1v) is 9.76. The van der Waals surface area contributed by atoms with E-state index in [0.29, 0.717) is 28.1 Å². The normalized spacial score (nSPS) is 12.2. The Hall–Kier alpha value is -3.86. The summed E-state index contributed by atoms with van der Waals surface area (Å²) in [5.41, 5.74) is 2.52. The number of nitrogens with one attached hydrogen (secondary N) is 3. The van der Waals surface area contributed by atoms with E-state index in [1.807, 2.05) is 6.07 Å². The van der Waals surface area contributed by atoms with Crippen LogP contribution in [0.1, 0.15) is 17.4 Å². The minimum absolute atomic E-state index is 0.102. The molecule has 1 atom stereocenters. The molecule has 0 saturated carbocycles. The van der Waals surface area contributed by atoms with E-state index in [4.69, 9.17) is 9.26 Å². The van der Waals surface area contributed by atoms with Crippen LogP contribution in [0, 0.1) is 6.92 Å². The number of urea groups is 1. The molecule has 3 heterocycles. The number of rotatable bonds is 8. The molecule has 0 aliphatic rings. The van der Waals surface area contributed by atoms with Gasteiger partial charge in [-0.05, 0) is 12.5 Å². The van der Waals surface area contributed by atoms with E-state index < -0.39 is 25.1 Å². The van der Waals surface area contributed by atoms with Gasteiger partial charge in [0, 0.05) is 23.7 Å². The quantitative estimate of drug-likeness (QED) is 0.379. The number of carbonyl (C=O) groups is 1. The molecule has 0 spiro atoms. The number of amides is 2. The zero-order valence-electron chi connectivity index (χ0n) is 17.0. The largest absolute Gasteiger partial charge is 0.373 e. The number of alkyl halides is 2. The van der Waals surface area contributed by atoms with Crippen LogP contribution in [-0.2, 0) is 4.74 Å². The Morgan fingerprint density at radius 2 is 2.03 bits per heavy atom. The molecule has 0 bridgehead atoms. The Labute approximate surface area is 181 Å². The molecule has 166 valence electrons. The number of aryl methyl sites for hydroxylation is 1. The highest BCUT2D eigenvalue weighted by Crippen LogP contribution is 2.26. The Kier molecular flexibility index (Phi) is 6.36. The van der Waals surface area contributed by atoms with Gasteiger partial charge in [-0.3, -0.25) is 10.4 Å². The molecule has 4 rings (SSSR count). The van der Waals surface area contributed by atoms with E-state index in [-0.39, 0.29) is 12.4 Å². The number of aromatic nitrogens is 4. The summed E-state index contributed by atoms with van der Waals surface area (Å²) in [6, 6.07) is 11.2. The number of nitrogens with zero attached hydrogens (tertiary/aromatic N) is 3. The Morgan fingerprint density at radius 3 is 2.75 bits per heavy atom. The predicted molar refractivity (Wildman–Crippen MR) is 112 cm³/mol. The third-order valence-electron chi connectivity index (χ3n) is 4.60. The van der Waals surface area contributed by atoms with Crippen molar-refractivity contribution in [2.45, 2.75) is 19.4 Å². The number of H-pyrrole nitrogens is 1. The number of halogens is 2. The van der Waals surface area contributed by atoms with Crippen molar-refractivity contribution < 1.29 is 22.8 Å². The summed E-state index contributed by atoms with van der Waals surface area (Å²) >= 11 is 0. The van der Waals surface area contributed by atoms with Crippen molar-refractivity contribution in [1.82, 2.24) is 25.7 Å². The van der Waals surface area contributed by atoms with Crippen molar-refractivity contribution >= 4 is 22.8 Å². The molecular weight excluding hydrogens is 422 g/mol. The highest BCUT2D eigenvalue weighted by atomic mass is 19.3. The maximum Gasteiger partial charge on any atom is 0.320 e. The lowest BCUT2D eigenvalue weighted by atomic mass is 10.1. The average Bonchev–Trinajstić information content (AvgIpc) is 3.39. The zero-order valence-corrected chi connectivity index (χ0v) is 17.0. The standard InChI is InChI=1S/C21H20F2N6O3/c1-12-7-16(29-32-12)20-14-9-24-19(8-15(14)27-28-20)26-21(30)25-17(10-31-11-18(22)23)13-5-3-2-4-6-13/h2-9,17-18H,10-11H2,1H3,(H,27,28)(H2,24,25,26,30)/t17-/m1/s1. The van der Waals surface area contributed by atoms with Gasteiger partial charge in [0.15, 0.2) is 0 Å². The molecular formula is C21H20F2N6O3. The topological polar surface area (TPSA) is 118 Å². The number of fused-ring (bicyclic) bond motifs is 1. The van der Waals surface area contributed by atoms with Crippen LogP contribution < -0.4 is 10.6 Å². The van der Waals surface area contributed by atoms with E-state index in [9.17, 15) is 13.6 Å². The van der Waals surface area contributed by atoms with Crippen LogP contribution in [0.4, 0.5) is 19.4 Å². The number of anilines is 1. The maximum atomic E-state index is 12.5. The SMILES string of the molecule is Cc1cc(-c2n[nH]c3cc(NC(=O)N[C@H](COCC(F)F)c4ccccc4)ncc23)no1. The van der Waals surface area contributed by atoms with E-state index in [0.717, 1.165) is 5.56 Å². The van der Waals surface area contributed by atoms with Crippen LogP contribution in [-0.4, -0.2) is 46.0 Å². The first kappa shape index (κ1) is 21.4. The Bertz CT molecular complexity index is 1190. The molecule has 0 radical (unpaired) electrons. The van der Waals surface area contributed by atoms with Crippen molar-refractivity contribution in [3.8, 4) is 11.4 Å². The molecule has 3 N–H and O–H groups in total. The summed E-state index contributed by atoms with van der Waals surface area (Å²) in [5.74, 6) is 0.936. The van der Waals surface area contributed by atoms with Crippen LogP contribution >= 0.6 is 0 Å². The van der Waals surface area contributed by atoms with Gasteiger partial charge in [0.25, 0.3) is 6.43 Å². The lowest BCUT2D eigenvalue weighted by Gasteiger charge is -2.19. The van der Waals surface area contributed by atoms with Crippen molar-refractivity contribution in [2.24, 2.45) is 0 Å². The van der Waals surface area contributed by atoms with Crippen LogP contribution in [0.2, 0.25) is 0 Å². The fourth-order valence-corrected chi connectivity index (χ4v) is 3.15. The summed E-state index contributed by atoms with van der Waals surface area (Å²) in [4.78, 5) is 16.8. The molecule has 9 nitrogen and oxygen atoms in total.